The van der Waals surface area contributed by atoms with Gasteiger partial charge in [0.05, 0.1) is 0 Å². The van der Waals surface area contributed by atoms with Gasteiger partial charge in [-0.2, -0.15) is 0 Å². The van der Waals surface area contributed by atoms with Crippen LogP contribution in [-0.4, -0.2) is 25.3 Å². The molecule has 0 aliphatic heterocycles. The van der Waals surface area contributed by atoms with Crippen LogP contribution in [0.5, 0.6) is 0 Å². The average molecular weight is 200 g/mol. The fourth-order valence-electron chi connectivity index (χ4n) is 1.88. The molecule has 1 aliphatic rings. The van der Waals surface area contributed by atoms with Gasteiger partial charge in [-0.05, 0) is 31.6 Å². The zero-order valence-electron chi connectivity index (χ0n) is 8.79. The molecule has 0 bridgehead atoms. The average Bonchev–Trinajstić information content (AvgIpc) is 2.15. The number of amides is 1. The molecule has 1 rings (SSSR count). The first-order valence-corrected chi connectivity index (χ1v) is 5.34. The highest BCUT2D eigenvalue weighted by atomic mass is 16.5. The molecule has 0 spiro atoms. The second-order valence-corrected chi connectivity index (χ2v) is 4.08. The van der Waals surface area contributed by atoms with Gasteiger partial charge in [0.2, 0.25) is 0 Å². The lowest BCUT2D eigenvalue weighted by Gasteiger charge is -2.26. The number of nitrogens with two attached hydrogens (primary N) is 1. The summed E-state index contributed by atoms with van der Waals surface area (Å²) in [5, 5.41) is 3.36. The van der Waals surface area contributed by atoms with Crippen LogP contribution in [0.3, 0.4) is 0 Å². The Kier molecular flexibility index (Phi) is 4.73. The molecule has 4 heteroatoms. The number of hydrogen-bond donors (Lipinski definition) is 2. The van der Waals surface area contributed by atoms with Crippen molar-refractivity contribution in [2.24, 2.45) is 11.7 Å². The highest BCUT2D eigenvalue weighted by molar-refractivity contribution is 5.64. The molecule has 1 fully saturated rings. The maximum Gasteiger partial charge on any atom is 0.404 e. The van der Waals surface area contributed by atoms with Crippen molar-refractivity contribution >= 4 is 6.09 Å². The molecule has 1 saturated carbocycles. The van der Waals surface area contributed by atoms with Crippen LogP contribution >= 0.6 is 0 Å². The number of primary amides is 1. The van der Waals surface area contributed by atoms with Gasteiger partial charge in [0.25, 0.3) is 0 Å². The van der Waals surface area contributed by atoms with Crippen molar-refractivity contribution in [1.29, 1.82) is 0 Å². The van der Waals surface area contributed by atoms with Gasteiger partial charge in [-0.1, -0.05) is 6.92 Å². The van der Waals surface area contributed by atoms with Crippen molar-refractivity contribution in [3.63, 3.8) is 0 Å². The lowest BCUT2D eigenvalue weighted by molar-refractivity contribution is 0.154. The Balaban J connectivity index is 1.99. The summed E-state index contributed by atoms with van der Waals surface area (Å²) in [5.41, 5.74) is 4.84. The molecule has 0 unspecified atom stereocenters. The van der Waals surface area contributed by atoms with Gasteiger partial charge in [-0.25, -0.2) is 4.79 Å². The molecule has 0 radical (unpaired) electrons. The van der Waals surface area contributed by atoms with Crippen molar-refractivity contribution in [3.05, 3.63) is 0 Å². The first-order chi connectivity index (χ1) is 6.68. The first kappa shape index (κ1) is 11.3. The van der Waals surface area contributed by atoms with Crippen molar-refractivity contribution in [1.82, 2.24) is 5.32 Å². The minimum atomic E-state index is -0.691. The molecule has 1 aliphatic carbocycles. The molecule has 1 amide bonds. The van der Waals surface area contributed by atoms with Crippen LogP contribution in [0.1, 0.15) is 32.6 Å². The van der Waals surface area contributed by atoms with Crippen molar-refractivity contribution in [2.75, 3.05) is 13.2 Å². The van der Waals surface area contributed by atoms with Gasteiger partial charge in [0.1, 0.15) is 6.61 Å². The van der Waals surface area contributed by atoms with E-state index in [0.717, 1.165) is 5.92 Å². The van der Waals surface area contributed by atoms with Gasteiger partial charge < -0.3 is 15.8 Å². The normalized spacial score (nSPS) is 27.2. The van der Waals surface area contributed by atoms with Crippen molar-refractivity contribution < 1.29 is 9.53 Å². The number of carbonyl (C=O) groups excluding carboxylic acids is 1. The summed E-state index contributed by atoms with van der Waals surface area (Å²) >= 11 is 0. The Bertz CT molecular complexity index is 177. The fourth-order valence-corrected chi connectivity index (χ4v) is 1.88. The number of nitrogens with one attached hydrogen (secondary N) is 1. The molecule has 0 heterocycles. The third-order valence-electron chi connectivity index (χ3n) is 2.80. The van der Waals surface area contributed by atoms with E-state index in [9.17, 15) is 4.79 Å². The molecule has 4 nitrogen and oxygen atoms in total. The fraction of sp³-hybridized carbons (Fsp3) is 0.900. The number of ether oxygens (including phenoxy) is 1. The van der Waals surface area contributed by atoms with Crippen LogP contribution < -0.4 is 11.1 Å². The van der Waals surface area contributed by atoms with E-state index in [-0.39, 0.29) is 0 Å². The summed E-state index contributed by atoms with van der Waals surface area (Å²) in [5.74, 6) is 0.870. The van der Waals surface area contributed by atoms with Crippen LogP contribution in [-0.2, 0) is 4.74 Å². The molecule has 82 valence electrons. The lowest BCUT2D eigenvalue weighted by atomic mass is 9.87. The molecule has 14 heavy (non-hydrogen) atoms. The SMILES string of the molecule is CC1CCC(NCCOC(N)=O)CC1. The standard InChI is InChI=1S/C10H20N2O2/c1-8-2-4-9(5-3-8)12-6-7-14-10(11)13/h8-9,12H,2-7H2,1H3,(H2,11,13). The highest BCUT2D eigenvalue weighted by Crippen LogP contribution is 2.23. The monoisotopic (exact) mass is 200 g/mol. The maximum absolute atomic E-state index is 10.3. The van der Waals surface area contributed by atoms with E-state index in [1.807, 2.05) is 0 Å². The highest BCUT2D eigenvalue weighted by Gasteiger charge is 2.17. The predicted molar refractivity (Wildman–Crippen MR) is 55.0 cm³/mol. The van der Waals surface area contributed by atoms with Crippen molar-refractivity contribution in [3.8, 4) is 0 Å². The van der Waals surface area contributed by atoms with E-state index in [1.165, 1.54) is 25.7 Å². The molecule has 3 N–H and O–H groups in total. The molecule has 0 aromatic heterocycles. The number of hydrogen-bond acceptors (Lipinski definition) is 3. The maximum atomic E-state index is 10.3. The molecular weight excluding hydrogens is 180 g/mol. The summed E-state index contributed by atoms with van der Waals surface area (Å²) in [6.45, 7) is 3.38. The Hall–Kier alpha value is -0.770. The van der Waals surface area contributed by atoms with Gasteiger partial charge >= 0.3 is 6.09 Å². The minimum Gasteiger partial charge on any atom is -0.448 e. The Labute approximate surface area is 85.2 Å². The van der Waals surface area contributed by atoms with Gasteiger partial charge in [-0.15, -0.1) is 0 Å². The number of carbonyl (C=O) groups is 1. The second-order valence-electron chi connectivity index (χ2n) is 4.08. The predicted octanol–water partition coefficient (Wildman–Crippen LogP) is 1.25. The van der Waals surface area contributed by atoms with Gasteiger partial charge in [0, 0.05) is 12.6 Å². The zero-order valence-corrected chi connectivity index (χ0v) is 8.79. The summed E-state index contributed by atoms with van der Waals surface area (Å²) < 4.78 is 4.63. The van der Waals surface area contributed by atoms with E-state index in [1.54, 1.807) is 0 Å². The van der Waals surface area contributed by atoms with Gasteiger partial charge in [0.15, 0.2) is 0 Å². The van der Waals surface area contributed by atoms with Crippen LogP contribution in [0.25, 0.3) is 0 Å². The van der Waals surface area contributed by atoms with Crippen molar-refractivity contribution in [2.45, 2.75) is 38.6 Å². The molecular formula is C10H20N2O2. The summed E-state index contributed by atoms with van der Waals surface area (Å²) in [6.07, 6.45) is 4.38. The lowest BCUT2D eigenvalue weighted by Crippen LogP contribution is -2.35. The summed E-state index contributed by atoms with van der Waals surface area (Å²) in [4.78, 5) is 10.3. The van der Waals surface area contributed by atoms with E-state index < -0.39 is 6.09 Å². The van der Waals surface area contributed by atoms with E-state index in [4.69, 9.17) is 5.73 Å². The van der Waals surface area contributed by atoms with E-state index in [2.05, 4.69) is 17.0 Å². The Morgan fingerprint density at radius 2 is 2.07 bits per heavy atom. The largest absolute Gasteiger partial charge is 0.448 e. The number of rotatable bonds is 4. The smallest absolute Gasteiger partial charge is 0.404 e. The Morgan fingerprint density at radius 1 is 1.43 bits per heavy atom. The topological polar surface area (TPSA) is 64.3 Å². The van der Waals surface area contributed by atoms with Crippen LogP contribution in [0, 0.1) is 5.92 Å². The molecule has 0 aromatic carbocycles. The molecule has 0 saturated heterocycles. The third kappa shape index (κ3) is 4.46. The molecule has 0 atom stereocenters. The zero-order chi connectivity index (χ0) is 10.4. The molecule has 0 aromatic rings. The second kappa shape index (κ2) is 5.86. The van der Waals surface area contributed by atoms with E-state index >= 15 is 0 Å². The first-order valence-electron chi connectivity index (χ1n) is 5.34. The van der Waals surface area contributed by atoms with Crippen LogP contribution in [0.15, 0.2) is 0 Å². The Morgan fingerprint density at radius 3 is 2.64 bits per heavy atom. The summed E-state index contributed by atoms with van der Waals surface area (Å²) in [7, 11) is 0. The van der Waals surface area contributed by atoms with Gasteiger partial charge in [-0.3, -0.25) is 0 Å². The summed E-state index contributed by atoms with van der Waals surface area (Å²) in [6, 6.07) is 0.600. The quantitative estimate of drug-likeness (QED) is 0.671. The third-order valence-corrected chi connectivity index (χ3v) is 2.80. The van der Waals surface area contributed by atoms with Crippen LogP contribution in [0.2, 0.25) is 0 Å². The van der Waals surface area contributed by atoms with E-state index in [0.29, 0.717) is 19.2 Å². The van der Waals surface area contributed by atoms with Crippen LogP contribution in [0.4, 0.5) is 4.79 Å². The minimum absolute atomic E-state index is 0.376.